The fourth-order valence-corrected chi connectivity index (χ4v) is 1.65. The minimum atomic E-state index is 0.439. The molecule has 68 valence electrons. The molecule has 1 aromatic carbocycles. The number of ether oxygens (including phenoxy) is 1. The normalized spacial score (nSPS) is 20.8. The molecule has 0 fully saturated rings. The van der Waals surface area contributed by atoms with Crippen LogP contribution in [0.3, 0.4) is 0 Å². The van der Waals surface area contributed by atoms with Crippen molar-refractivity contribution in [1.29, 1.82) is 0 Å². The van der Waals surface area contributed by atoms with Crippen LogP contribution >= 0.6 is 0 Å². The molecule has 1 aliphatic heterocycles. The second-order valence-electron chi connectivity index (χ2n) is 3.78. The third kappa shape index (κ3) is 1.46. The molecule has 0 N–H and O–H groups in total. The molecule has 0 saturated heterocycles. The van der Waals surface area contributed by atoms with Crippen molar-refractivity contribution in [2.75, 3.05) is 0 Å². The molecule has 0 aliphatic carbocycles. The Kier molecular flexibility index (Phi) is 1.87. The largest absolute Gasteiger partial charge is 0.462 e. The summed E-state index contributed by atoms with van der Waals surface area (Å²) in [5.74, 6) is 2.30. The van der Waals surface area contributed by atoms with Gasteiger partial charge in [0, 0.05) is 5.92 Å². The van der Waals surface area contributed by atoms with Crippen molar-refractivity contribution in [1.82, 2.24) is 0 Å². The molecule has 1 heterocycles. The zero-order valence-electron chi connectivity index (χ0n) is 8.13. The Morgan fingerprint density at radius 3 is 3.00 bits per heavy atom. The summed E-state index contributed by atoms with van der Waals surface area (Å²) in [6.07, 6.45) is 1.05. The summed E-state index contributed by atoms with van der Waals surface area (Å²) in [6.45, 7) is 8.15. The summed E-state index contributed by atoms with van der Waals surface area (Å²) in [5, 5.41) is 0. The van der Waals surface area contributed by atoms with Crippen LogP contribution in [0, 0.1) is 12.8 Å². The van der Waals surface area contributed by atoms with E-state index in [0.29, 0.717) is 5.92 Å². The predicted molar refractivity (Wildman–Crippen MR) is 53.8 cm³/mol. The van der Waals surface area contributed by atoms with Crippen LogP contribution in [0.4, 0.5) is 0 Å². The van der Waals surface area contributed by atoms with Gasteiger partial charge in [0.2, 0.25) is 0 Å². The first kappa shape index (κ1) is 8.36. The molecule has 2 rings (SSSR count). The standard InChI is InChI=1S/C12H14O/c1-8-4-5-12-11(6-8)7-9(2)10(3)13-12/h4-6,9H,3,7H2,1-2H3. The van der Waals surface area contributed by atoms with E-state index in [-0.39, 0.29) is 0 Å². The van der Waals surface area contributed by atoms with Gasteiger partial charge in [-0.15, -0.1) is 0 Å². The molecule has 0 saturated carbocycles. The van der Waals surface area contributed by atoms with Gasteiger partial charge in [-0.05, 0) is 25.0 Å². The Balaban J connectivity index is 2.42. The van der Waals surface area contributed by atoms with Crippen molar-refractivity contribution < 1.29 is 4.74 Å². The average Bonchev–Trinajstić information content (AvgIpc) is 2.08. The van der Waals surface area contributed by atoms with E-state index in [9.17, 15) is 0 Å². The zero-order chi connectivity index (χ0) is 9.42. The number of aryl methyl sites for hydroxylation is 1. The predicted octanol–water partition coefficient (Wildman–Crippen LogP) is 3.08. The fraction of sp³-hybridized carbons (Fsp3) is 0.333. The summed E-state index contributed by atoms with van der Waals surface area (Å²) < 4.78 is 5.60. The first-order chi connectivity index (χ1) is 6.16. The van der Waals surface area contributed by atoms with E-state index >= 15 is 0 Å². The lowest BCUT2D eigenvalue weighted by atomic mass is 9.95. The monoisotopic (exact) mass is 174 g/mol. The highest BCUT2D eigenvalue weighted by molar-refractivity contribution is 5.40. The van der Waals surface area contributed by atoms with E-state index in [1.54, 1.807) is 0 Å². The number of allylic oxidation sites excluding steroid dienone is 1. The lowest BCUT2D eigenvalue weighted by molar-refractivity contribution is 0.329. The van der Waals surface area contributed by atoms with Gasteiger partial charge in [0.25, 0.3) is 0 Å². The number of hydrogen-bond donors (Lipinski definition) is 0. The van der Waals surface area contributed by atoms with Crippen molar-refractivity contribution >= 4 is 0 Å². The minimum absolute atomic E-state index is 0.439. The third-order valence-electron chi connectivity index (χ3n) is 2.53. The SMILES string of the molecule is C=C1Oc2ccc(C)cc2CC1C. The molecule has 1 aliphatic rings. The Labute approximate surface area is 79.0 Å². The molecular weight excluding hydrogens is 160 g/mol. The Morgan fingerprint density at radius 1 is 1.46 bits per heavy atom. The molecule has 1 atom stereocenters. The molecule has 1 heteroatoms. The maximum atomic E-state index is 5.60. The number of rotatable bonds is 0. The second-order valence-corrected chi connectivity index (χ2v) is 3.78. The second kappa shape index (κ2) is 2.91. The molecular formula is C12H14O. The fourth-order valence-electron chi connectivity index (χ4n) is 1.65. The molecule has 0 amide bonds. The van der Waals surface area contributed by atoms with Crippen LogP contribution in [0.5, 0.6) is 5.75 Å². The smallest absolute Gasteiger partial charge is 0.130 e. The quantitative estimate of drug-likeness (QED) is 0.587. The van der Waals surface area contributed by atoms with Crippen molar-refractivity contribution in [2.24, 2.45) is 5.92 Å². The van der Waals surface area contributed by atoms with Crippen molar-refractivity contribution in [3.63, 3.8) is 0 Å². The van der Waals surface area contributed by atoms with Gasteiger partial charge in [-0.2, -0.15) is 0 Å². The van der Waals surface area contributed by atoms with Gasteiger partial charge in [0.05, 0.1) is 0 Å². The van der Waals surface area contributed by atoms with E-state index in [0.717, 1.165) is 17.9 Å². The lowest BCUT2D eigenvalue weighted by Crippen LogP contribution is -2.15. The van der Waals surface area contributed by atoms with Gasteiger partial charge in [-0.1, -0.05) is 31.2 Å². The van der Waals surface area contributed by atoms with Crippen molar-refractivity contribution in [3.8, 4) is 5.75 Å². The van der Waals surface area contributed by atoms with Crippen LogP contribution < -0.4 is 4.74 Å². The number of fused-ring (bicyclic) bond motifs is 1. The van der Waals surface area contributed by atoms with Crippen LogP contribution in [0.1, 0.15) is 18.1 Å². The van der Waals surface area contributed by atoms with E-state index in [2.05, 4.69) is 32.6 Å². The van der Waals surface area contributed by atoms with Crippen LogP contribution in [-0.2, 0) is 6.42 Å². The van der Waals surface area contributed by atoms with E-state index in [1.165, 1.54) is 11.1 Å². The molecule has 0 bridgehead atoms. The molecule has 1 unspecified atom stereocenters. The van der Waals surface area contributed by atoms with Crippen LogP contribution in [0.25, 0.3) is 0 Å². The molecule has 0 radical (unpaired) electrons. The Morgan fingerprint density at radius 2 is 2.23 bits per heavy atom. The van der Waals surface area contributed by atoms with Gasteiger partial charge in [0.1, 0.15) is 11.5 Å². The number of benzene rings is 1. The highest BCUT2D eigenvalue weighted by Crippen LogP contribution is 2.32. The first-order valence-electron chi connectivity index (χ1n) is 4.63. The first-order valence-corrected chi connectivity index (χ1v) is 4.63. The topological polar surface area (TPSA) is 9.23 Å². The molecule has 0 aromatic heterocycles. The summed E-state index contributed by atoms with van der Waals surface area (Å²) in [6, 6.07) is 6.29. The molecule has 1 aromatic rings. The van der Waals surface area contributed by atoms with Crippen LogP contribution in [-0.4, -0.2) is 0 Å². The van der Waals surface area contributed by atoms with Gasteiger partial charge in [-0.3, -0.25) is 0 Å². The highest BCUT2D eigenvalue weighted by Gasteiger charge is 2.19. The zero-order valence-corrected chi connectivity index (χ0v) is 8.13. The van der Waals surface area contributed by atoms with Gasteiger partial charge >= 0.3 is 0 Å². The van der Waals surface area contributed by atoms with Crippen molar-refractivity contribution in [3.05, 3.63) is 41.7 Å². The summed E-state index contributed by atoms with van der Waals surface area (Å²) in [4.78, 5) is 0. The van der Waals surface area contributed by atoms with Crippen molar-refractivity contribution in [2.45, 2.75) is 20.3 Å². The maximum absolute atomic E-state index is 5.60. The molecule has 0 spiro atoms. The van der Waals surface area contributed by atoms with E-state index in [4.69, 9.17) is 4.74 Å². The average molecular weight is 174 g/mol. The van der Waals surface area contributed by atoms with Gasteiger partial charge in [0.15, 0.2) is 0 Å². The van der Waals surface area contributed by atoms with Gasteiger partial charge < -0.3 is 4.74 Å². The molecule has 13 heavy (non-hydrogen) atoms. The highest BCUT2D eigenvalue weighted by atomic mass is 16.5. The summed E-state index contributed by atoms with van der Waals surface area (Å²) >= 11 is 0. The molecule has 1 nitrogen and oxygen atoms in total. The Bertz CT molecular complexity index is 352. The maximum Gasteiger partial charge on any atom is 0.130 e. The third-order valence-corrected chi connectivity index (χ3v) is 2.53. The summed E-state index contributed by atoms with van der Waals surface area (Å²) in [5.41, 5.74) is 2.60. The Hall–Kier alpha value is -1.24. The summed E-state index contributed by atoms with van der Waals surface area (Å²) in [7, 11) is 0. The van der Waals surface area contributed by atoms with E-state index in [1.807, 2.05) is 6.07 Å². The van der Waals surface area contributed by atoms with Crippen LogP contribution in [0.2, 0.25) is 0 Å². The minimum Gasteiger partial charge on any atom is -0.462 e. The van der Waals surface area contributed by atoms with E-state index < -0.39 is 0 Å². The number of hydrogen-bond acceptors (Lipinski definition) is 1. The van der Waals surface area contributed by atoms with Crippen LogP contribution in [0.15, 0.2) is 30.5 Å². The lowest BCUT2D eigenvalue weighted by Gasteiger charge is -2.24. The van der Waals surface area contributed by atoms with Gasteiger partial charge in [-0.25, -0.2) is 0 Å².